The van der Waals surface area contributed by atoms with Gasteiger partial charge in [0, 0.05) is 41.2 Å². The number of alkyl halides is 3. The summed E-state index contributed by atoms with van der Waals surface area (Å²) >= 11 is 0. The number of aromatic nitrogens is 3. The predicted molar refractivity (Wildman–Crippen MR) is 112 cm³/mol. The first-order valence-corrected chi connectivity index (χ1v) is 10.2. The first kappa shape index (κ1) is 22.6. The van der Waals surface area contributed by atoms with Crippen molar-refractivity contribution in [3.8, 4) is 0 Å². The summed E-state index contributed by atoms with van der Waals surface area (Å²) < 4.78 is 54.4. The van der Waals surface area contributed by atoms with E-state index >= 15 is 0 Å². The Balaban J connectivity index is 1.66. The van der Waals surface area contributed by atoms with Gasteiger partial charge in [-0.25, -0.2) is 4.39 Å². The van der Waals surface area contributed by atoms with E-state index in [1.54, 1.807) is 32.9 Å². The van der Waals surface area contributed by atoms with Crippen molar-refractivity contribution in [3.63, 3.8) is 0 Å². The van der Waals surface area contributed by atoms with Gasteiger partial charge in [0.15, 0.2) is 5.78 Å². The summed E-state index contributed by atoms with van der Waals surface area (Å²) in [5.74, 6) is -2.24. The maximum Gasteiger partial charge on any atom is 0.419 e. The van der Waals surface area contributed by atoms with E-state index in [4.69, 9.17) is 0 Å². The molecule has 1 aliphatic heterocycles. The number of aryl methyl sites for hydroxylation is 2. The molecule has 0 unspecified atom stereocenters. The van der Waals surface area contributed by atoms with Crippen LogP contribution in [0.5, 0.6) is 0 Å². The molecule has 0 saturated carbocycles. The predicted octanol–water partition coefficient (Wildman–Crippen LogP) is 4.70. The van der Waals surface area contributed by atoms with Crippen molar-refractivity contribution in [1.29, 1.82) is 0 Å². The lowest BCUT2D eigenvalue weighted by Crippen LogP contribution is -2.43. The number of Topliss-reactive ketones (excluding diaryl/α,β-unsaturated/α-hetero) is 1. The second-order valence-electron chi connectivity index (χ2n) is 8.13. The number of ketones is 1. The molecular formula is C23H20F4N4O2. The van der Waals surface area contributed by atoms with Crippen LogP contribution in [0.3, 0.4) is 0 Å². The SMILES string of the molecule is Cc1cc(C(=O)Cc2cnn3c2C(=O)N(c2ccc(C(F)(F)F)c(F)c2)C[C@@H]3C)cc(C)n1. The zero-order valence-corrected chi connectivity index (χ0v) is 18.1. The molecule has 10 heteroatoms. The van der Waals surface area contributed by atoms with E-state index in [0.29, 0.717) is 34.6 Å². The molecule has 0 bridgehead atoms. The molecule has 6 nitrogen and oxygen atoms in total. The van der Waals surface area contributed by atoms with E-state index in [-0.39, 0.29) is 36.2 Å². The lowest BCUT2D eigenvalue weighted by Gasteiger charge is -2.32. The number of benzene rings is 1. The number of nitrogens with zero attached hydrogens (tertiary/aromatic N) is 4. The number of hydrogen-bond donors (Lipinski definition) is 0. The van der Waals surface area contributed by atoms with Crippen LogP contribution in [-0.4, -0.2) is 33.0 Å². The van der Waals surface area contributed by atoms with Crippen LogP contribution in [0.1, 0.15) is 56.3 Å². The molecule has 0 radical (unpaired) electrons. The van der Waals surface area contributed by atoms with Crippen LogP contribution in [0.2, 0.25) is 0 Å². The Morgan fingerprint density at radius 2 is 1.82 bits per heavy atom. The molecule has 1 amide bonds. The highest BCUT2D eigenvalue weighted by atomic mass is 19.4. The van der Waals surface area contributed by atoms with Gasteiger partial charge < -0.3 is 4.90 Å². The molecule has 0 N–H and O–H groups in total. The minimum atomic E-state index is -4.84. The molecule has 0 spiro atoms. The van der Waals surface area contributed by atoms with Crippen LogP contribution in [0.25, 0.3) is 0 Å². The zero-order valence-electron chi connectivity index (χ0n) is 18.1. The van der Waals surface area contributed by atoms with Crippen LogP contribution in [0, 0.1) is 19.7 Å². The molecule has 0 aliphatic carbocycles. The van der Waals surface area contributed by atoms with Gasteiger partial charge >= 0.3 is 6.18 Å². The Kier molecular flexibility index (Phi) is 5.55. The third kappa shape index (κ3) is 4.24. The second-order valence-corrected chi connectivity index (χ2v) is 8.13. The van der Waals surface area contributed by atoms with Crippen molar-refractivity contribution in [1.82, 2.24) is 14.8 Å². The Morgan fingerprint density at radius 3 is 2.42 bits per heavy atom. The summed E-state index contributed by atoms with van der Waals surface area (Å²) in [7, 11) is 0. The fourth-order valence-corrected chi connectivity index (χ4v) is 4.04. The van der Waals surface area contributed by atoms with E-state index in [9.17, 15) is 27.2 Å². The molecular weight excluding hydrogens is 440 g/mol. The number of hydrogen-bond acceptors (Lipinski definition) is 4. The number of carbonyl (C=O) groups excluding carboxylic acids is 2. The minimum Gasteiger partial charge on any atom is -0.305 e. The number of amides is 1. The zero-order chi connectivity index (χ0) is 24.1. The van der Waals surface area contributed by atoms with Crippen molar-refractivity contribution in [2.24, 2.45) is 0 Å². The summed E-state index contributed by atoms with van der Waals surface area (Å²) in [6.07, 6.45) is -3.48. The molecule has 1 atom stereocenters. The van der Waals surface area contributed by atoms with E-state index < -0.39 is 23.5 Å². The minimum absolute atomic E-state index is 0.00228. The molecule has 3 heterocycles. The quantitative estimate of drug-likeness (QED) is 0.418. The van der Waals surface area contributed by atoms with E-state index in [1.807, 2.05) is 0 Å². The molecule has 33 heavy (non-hydrogen) atoms. The average molecular weight is 460 g/mol. The number of anilines is 1. The van der Waals surface area contributed by atoms with Gasteiger partial charge in [-0.3, -0.25) is 19.3 Å². The molecule has 2 aromatic heterocycles. The van der Waals surface area contributed by atoms with Crippen molar-refractivity contribution in [3.05, 3.63) is 76.1 Å². The molecule has 172 valence electrons. The highest BCUT2D eigenvalue weighted by Crippen LogP contribution is 2.35. The molecule has 1 aliphatic rings. The highest BCUT2D eigenvalue weighted by Gasteiger charge is 2.37. The van der Waals surface area contributed by atoms with Gasteiger partial charge in [-0.15, -0.1) is 0 Å². The number of rotatable bonds is 4. The number of carbonyl (C=O) groups is 2. The van der Waals surface area contributed by atoms with Crippen molar-refractivity contribution < 1.29 is 27.2 Å². The molecule has 3 aromatic rings. The van der Waals surface area contributed by atoms with Gasteiger partial charge in [0.2, 0.25) is 0 Å². The van der Waals surface area contributed by atoms with E-state index in [1.165, 1.54) is 15.8 Å². The normalized spacial score (nSPS) is 16.2. The van der Waals surface area contributed by atoms with Crippen LogP contribution >= 0.6 is 0 Å². The fraction of sp³-hybridized carbons (Fsp3) is 0.304. The Bertz CT molecular complexity index is 1250. The maximum atomic E-state index is 14.1. The van der Waals surface area contributed by atoms with E-state index in [2.05, 4.69) is 10.1 Å². The first-order chi connectivity index (χ1) is 15.5. The van der Waals surface area contributed by atoms with Gasteiger partial charge in [0.25, 0.3) is 5.91 Å². The van der Waals surface area contributed by atoms with Crippen molar-refractivity contribution >= 4 is 17.4 Å². The van der Waals surface area contributed by atoms with Gasteiger partial charge in [0.1, 0.15) is 11.5 Å². The summed E-state index contributed by atoms with van der Waals surface area (Å²) in [6.45, 7) is 5.42. The fourth-order valence-electron chi connectivity index (χ4n) is 4.04. The van der Waals surface area contributed by atoms with Crippen LogP contribution < -0.4 is 4.90 Å². The topological polar surface area (TPSA) is 68.1 Å². The van der Waals surface area contributed by atoms with Gasteiger partial charge in [-0.2, -0.15) is 18.3 Å². The van der Waals surface area contributed by atoms with Crippen LogP contribution in [0.4, 0.5) is 23.2 Å². The van der Waals surface area contributed by atoms with Gasteiger partial charge in [-0.1, -0.05) is 0 Å². The maximum absolute atomic E-state index is 14.1. The summed E-state index contributed by atoms with van der Waals surface area (Å²) in [6, 6.07) is 5.37. The molecule has 1 aromatic carbocycles. The van der Waals surface area contributed by atoms with Gasteiger partial charge in [-0.05, 0) is 51.1 Å². The summed E-state index contributed by atoms with van der Waals surface area (Å²) in [4.78, 5) is 31.6. The lowest BCUT2D eigenvalue weighted by molar-refractivity contribution is -0.139. The smallest absolute Gasteiger partial charge is 0.305 e. The molecule has 0 saturated heterocycles. The number of fused-ring (bicyclic) bond motifs is 1. The Morgan fingerprint density at radius 1 is 1.15 bits per heavy atom. The Labute approximate surface area is 186 Å². The summed E-state index contributed by atoms with van der Waals surface area (Å²) in [5.41, 5.74) is 0.987. The summed E-state index contributed by atoms with van der Waals surface area (Å²) in [5, 5.41) is 4.24. The monoisotopic (exact) mass is 460 g/mol. The third-order valence-corrected chi connectivity index (χ3v) is 5.51. The van der Waals surface area contributed by atoms with Crippen molar-refractivity contribution in [2.45, 2.75) is 39.4 Å². The highest BCUT2D eigenvalue weighted by molar-refractivity contribution is 6.08. The standard InChI is InChI=1S/C23H20F4N4O2/c1-12-6-15(7-13(2)29-12)20(32)8-16-10-28-31-14(3)11-30(22(33)21(16)31)17-4-5-18(19(24)9-17)23(25,26)27/h4-7,9-10,14H,8,11H2,1-3H3/t14-/m0/s1. The lowest BCUT2D eigenvalue weighted by atomic mass is 10.0. The first-order valence-electron chi connectivity index (χ1n) is 10.2. The van der Waals surface area contributed by atoms with Gasteiger partial charge in [0.05, 0.1) is 17.8 Å². The second kappa shape index (κ2) is 8.09. The molecule has 0 fully saturated rings. The third-order valence-electron chi connectivity index (χ3n) is 5.51. The number of pyridine rings is 1. The Hall–Kier alpha value is -3.56. The average Bonchev–Trinajstić information content (AvgIpc) is 3.13. The van der Waals surface area contributed by atoms with Crippen LogP contribution in [0.15, 0.2) is 36.5 Å². The van der Waals surface area contributed by atoms with E-state index in [0.717, 1.165) is 6.07 Å². The molecule has 4 rings (SSSR count). The van der Waals surface area contributed by atoms with Crippen LogP contribution in [-0.2, 0) is 12.6 Å². The number of halogens is 4. The van der Waals surface area contributed by atoms with Crippen molar-refractivity contribution in [2.75, 3.05) is 11.4 Å². The largest absolute Gasteiger partial charge is 0.419 e.